The summed E-state index contributed by atoms with van der Waals surface area (Å²) >= 11 is 0. The Kier molecular flexibility index (Phi) is 3.77. The van der Waals surface area contributed by atoms with Crippen LogP contribution < -0.4 is 10.6 Å². The van der Waals surface area contributed by atoms with Crippen LogP contribution in [0, 0.1) is 0 Å². The first-order valence-electron chi connectivity index (χ1n) is 7.96. The van der Waals surface area contributed by atoms with E-state index in [2.05, 4.69) is 34.9 Å². The Morgan fingerprint density at radius 1 is 1.23 bits per heavy atom. The van der Waals surface area contributed by atoms with Gasteiger partial charge in [-0.1, -0.05) is 18.2 Å². The van der Waals surface area contributed by atoms with E-state index in [1.807, 2.05) is 20.8 Å². The molecule has 2 N–H and O–H groups in total. The first kappa shape index (κ1) is 15.2. The molecule has 1 aromatic carbocycles. The number of amides is 1. The Morgan fingerprint density at radius 3 is 2.59 bits per heavy atom. The van der Waals surface area contributed by atoms with Crippen molar-refractivity contribution >= 4 is 11.8 Å². The third kappa shape index (κ3) is 3.19. The van der Waals surface area contributed by atoms with E-state index < -0.39 is 5.60 Å². The van der Waals surface area contributed by atoms with Crippen molar-refractivity contribution in [2.45, 2.75) is 51.4 Å². The minimum atomic E-state index is -0.438. The number of piperidine rings is 1. The number of fused-ring (bicyclic) bond motifs is 1. The second-order valence-corrected chi connectivity index (χ2v) is 7.19. The van der Waals surface area contributed by atoms with E-state index in [1.165, 1.54) is 11.3 Å². The number of nitrogens with one attached hydrogen (secondary N) is 2. The molecule has 2 aliphatic heterocycles. The van der Waals surface area contributed by atoms with Crippen molar-refractivity contribution in [3.8, 4) is 0 Å². The summed E-state index contributed by atoms with van der Waals surface area (Å²) in [4.78, 5) is 14.0. The van der Waals surface area contributed by atoms with Gasteiger partial charge in [0.05, 0.1) is 5.66 Å². The lowest BCUT2D eigenvalue weighted by atomic mass is 9.93. The van der Waals surface area contributed by atoms with E-state index in [-0.39, 0.29) is 11.8 Å². The van der Waals surface area contributed by atoms with Crippen LogP contribution in [0.5, 0.6) is 0 Å². The summed E-state index contributed by atoms with van der Waals surface area (Å²) in [5.74, 6) is 0. The molecule has 0 unspecified atom stereocenters. The molecule has 0 aliphatic carbocycles. The van der Waals surface area contributed by atoms with Crippen LogP contribution in [0.1, 0.15) is 39.2 Å². The van der Waals surface area contributed by atoms with Crippen LogP contribution in [0.2, 0.25) is 0 Å². The smallest absolute Gasteiger partial charge is 0.410 e. The number of carbonyl (C=O) groups excluding carboxylic acids is 1. The van der Waals surface area contributed by atoms with Crippen LogP contribution in [-0.4, -0.2) is 35.3 Å². The Bertz CT molecular complexity index is 557. The van der Waals surface area contributed by atoms with Gasteiger partial charge in [-0.05, 0) is 32.4 Å². The van der Waals surface area contributed by atoms with Crippen molar-refractivity contribution in [1.82, 2.24) is 10.2 Å². The van der Waals surface area contributed by atoms with Crippen molar-refractivity contribution in [2.24, 2.45) is 0 Å². The third-order valence-corrected chi connectivity index (χ3v) is 4.28. The molecule has 3 rings (SSSR count). The fourth-order valence-electron chi connectivity index (χ4n) is 3.06. The monoisotopic (exact) mass is 303 g/mol. The minimum absolute atomic E-state index is 0.104. The van der Waals surface area contributed by atoms with Gasteiger partial charge in [0.15, 0.2) is 0 Å². The van der Waals surface area contributed by atoms with Gasteiger partial charge in [0, 0.05) is 38.2 Å². The topological polar surface area (TPSA) is 53.6 Å². The van der Waals surface area contributed by atoms with Crippen molar-refractivity contribution in [3.63, 3.8) is 0 Å². The van der Waals surface area contributed by atoms with E-state index >= 15 is 0 Å². The van der Waals surface area contributed by atoms with Crippen molar-refractivity contribution in [2.75, 3.05) is 18.4 Å². The largest absolute Gasteiger partial charge is 0.444 e. The van der Waals surface area contributed by atoms with E-state index in [1.54, 1.807) is 4.90 Å². The summed E-state index contributed by atoms with van der Waals surface area (Å²) in [6.45, 7) is 7.98. The molecule has 1 spiro atoms. The van der Waals surface area contributed by atoms with Gasteiger partial charge in [0.2, 0.25) is 0 Å². The summed E-state index contributed by atoms with van der Waals surface area (Å²) in [6.07, 6.45) is 1.54. The number of rotatable bonds is 0. The number of nitrogens with zero attached hydrogens (tertiary/aromatic N) is 1. The summed E-state index contributed by atoms with van der Waals surface area (Å²) in [5, 5.41) is 7.24. The van der Waals surface area contributed by atoms with Gasteiger partial charge in [-0.3, -0.25) is 5.32 Å². The second kappa shape index (κ2) is 5.47. The van der Waals surface area contributed by atoms with E-state index in [4.69, 9.17) is 4.74 Å². The molecular formula is C17H25N3O2. The lowest BCUT2D eigenvalue weighted by Gasteiger charge is -2.46. The Balaban J connectivity index is 1.62. The SMILES string of the molecule is CC(C)(C)OC(=O)N1CCC2(CC1)NCc1ccccc1N2. The highest BCUT2D eigenvalue weighted by molar-refractivity contribution is 5.68. The van der Waals surface area contributed by atoms with E-state index in [0.29, 0.717) is 13.1 Å². The van der Waals surface area contributed by atoms with Crippen LogP contribution in [-0.2, 0) is 11.3 Å². The summed E-state index contributed by atoms with van der Waals surface area (Å²) in [5.41, 5.74) is 1.95. The molecule has 22 heavy (non-hydrogen) atoms. The van der Waals surface area contributed by atoms with Gasteiger partial charge in [-0.2, -0.15) is 0 Å². The number of ether oxygens (including phenoxy) is 1. The zero-order valence-electron chi connectivity index (χ0n) is 13.6. The number of hydrogen-bond acceptors (Lipinski definition) is 4. The normalized spacial score (nSPS) is 20.2. The second-order valence-electron chi connectivity index (χ2n) is 7.19. The molecule has 1 amide bonds. The maximum absolute atomic E-state index is 12.1. The molecule has 1 saturated heterocycles. The maximum Gasteiger partial charge on any atom is 0.410 e. The van der Waals surface area contributed by atoms with Gasteiger partial charge < -0.3 is 15.0 Å². The van der Waals surface area contributed by atoms with Gasteiger partial charge >= 0.3 is 6.09 Å². The predicted octanol–water partition coefficient (Wildman–Crippen LogP) is 2.93. The molecule has 2 heterocycles. The lowest BCUT2D eigenvalue weighted by Crippen LogP contribution is -2.60. The molecule has 0 saturated carbocycles. The fourth-order valence-corrected chi connectivity index (χ4v) is 3.06. The van der Waals surface area contributed by atoms with E-state index in [9.17, 15) is 4.79 Å². The summed E-state index contributed by atoms with van der Waals surface area (Å²) in [6, 6.07) is 8.38. The number of carbonyl (C=O) groups is 1. The van der Waals surface area contributed by atoms with Crippen molar-refractivity contribution in [1.29, 1.82) is 0 Å². The number of hydrogen-bond donors (Lipinski definition) is 2. The molecule has 2 aliphatic rings. The van der Waals surface area contributed by atoms with Gasteiger partial charge in [-0.25, -0.2) is 4.79 Å². The maximum atomic E-state index is 12.1. The Labute approximate surface area is 132 Å². The molecule has 0 bridgehead atoms. The van der Waals surface area contributed by atoms with Crippen molar-refractivity contribution < 1.29 is 9.53 Å². The van der Waals surface area contributed by atoms with Crippen molar-refractivity contribution in [3.05, 3.63) is 29.8 Å². The quantitative estimate of drug-likeness (QED) is 0.774. The van der Waals surface area contributed by atoms with Crippen LogP contribution in [0.25, 0.3) is 0 Å². The number of likely N-dealkylation sites (tertiary alicyclic amines) is 1. The molecule has 0 aromatic heterocycles. The average molecular weight is 303 g/mol. The van der Waals surface area contributed by atoms with Gasteiger partial charge in [0.25, 0.3) is 0 Å². The minimum Gasteiger partial charge on any atom is -0.444 e. The third-order valence-electron chi connectivity index (χ3n) is 4.28. The number of benzene rings is 1. The van der Waals surface area contributed by atoms with Crippen LogP contribution in [0.15, 0.2) is 24.3 Å². The Hall–Kier alpha value is -1.75. The molecule has 120 valence electrons. The highest BCUT2D eigenvalue weighted by Crippen LogP contribution is 2.31. The van der Waals surface area contributed by atoms with Crippen LogP contribution in [0.3, 0.4) is 0 Å². The first-order valence-corrected chi connectivity index (χ1v) is 7.96. The van der Waals surface area contributed by atoms with E-state index in [0.717, 1.165) is 19.4 Å². The highest BCUT2D eigenvalue weighted by Gasteiger charge is 2.38. The molecular weight excluding hydrogens is 278 g/mol. The molecule has 5 nitrogen and oxygen atoms in total. The molecule has 5 heteroatoms. The zero-order valence-corrected chi connectivity index (χ0v) is 13.6. The summed E-state index contributed by atoms with van der Waals surface area (Å²) < 4.78 is 5.46. The highest BCUT2D eigenvalue weighted by atomic mass is 16.6. The number of anilines is 1. The first-order chi connectivity index (χ1) is 10.4. The summed E-state index contributed by atoms with van der Waals surface area (Å²) in [7, 11) is 0. The Morgan fingerprint density at radius 2 is 1.91 bits per heavy atom. The molecule has 1 fully saturated rings. The zero-order chi connectivity index (χ0) is 15.8. The fraction of sp³-hybridized carbons (Fsp3) is 0.588. The molecule has 0 atom stereocenters. The number of para-hydroxylation sites is 1. The predicted molar refractivity (Wildman–Crippen MR) is 86.7 cm³/mol. The molecule has 1 aromatic rings. The van der Waals surface area contributed by atoms with Crippen LogP contribution in [0.4, 0.5) is 10.5 Å². The van der Waals surface area contributed by atoms with Crippen LogP contribution >= 0.6 is 0 Å². The van der Waals surface area contributed by atoms with Gasteiger partial charge in [-0.15, -0.1) is 0 Å². The molecule has 0 radical (unpaired) electrons. The standard InChI is InChI=1S/C17H25N3O2/c1-16(2,3)22-15(21)20-10-8-17(9-11-20)18-12-13-6-4-5-7-14(13)19-17/h4-7,18-19H,8-12H2,1-3H3. The van der Waals surface area contributed by atoms with Gasteiger partial charge in [0.1, 0.15) is 5.60 Å². The average Bonchev–Trinajstić information content (AvgIpc) is 2.46. The lowest BCUT2D eigenvalue weighted by molar-refractivity contribution is 0.0159.